The molecule has 1 aromatic carbocycles. The Bertz CT molecular complexity index is 462. The number of hydrogen-bond acceptors (Lipinski definition) is 3. The third-order valence-electron chi connectivity index (χ3n) is 2.94. The number of nitrogens with one attached hydrogen (secondary N) is 2. The highest BCUT2D eigenvalue weighted by Crippen LogP contribution is 2.14. The summed E-state index contributed by atoms with van der Waals surface area (Å²) in [5.41, 5.74) is 1.75. The molecule has 0 aliphatic carbocycles. The molecule has 4 nitrogen and oxygen atoms in total. The topological polar surface area (TPSA) is 58.2 Å². The molecular weight excluding hydrogens is 284 g/mol. The summed E-state index contributed by atoms with van der Waals surface area (Å²) < 4.78 is 11.2. The van der Waals surface area contributed by atoms with Crippen molar-refractivity contribution >= 4 is 34.8 Å². The molecule has 2 rings (SSSR count). The van der Waals surface area contributed by atoms with Crippen LogP contribution in [0.3, 0.4) is 0 Å². The van der Waals surface area contributed by atoms with E-state index < -0.39 is 10.8 Å². The lowest BCUT2D eigenvalue weighted by Crippen LogP contribution is -2.35. The minimum atomic E-state index is -0.865. The molecule has 1 saturated heterocycles. The predicted octanol–water partition coefficient (Wildman–Crippen LogP) is 1.68. The van der Waals surface area contributed by atoms with E-state index in [1.807, 2.05) is 24.3 Å². The van der Waals surface area contributed by atoms with Gasteiger partial charge in [0.15, 0.2) is 0 Å². The highest BCUT2D eigenvalue weighted by atomic mass is 35.5. The molecule has 6 heteroatoms. The Morgan fingerprint density at radius 3 is 2.95 bits per heavy atom. The largest absolute Gasteiger partial charge is 0.325 e. The highest BCUT2D eigenvalue weighted by molar-refractivity contribution is 7.83. The number of carbonyl (C=O) groups is 1. The maximum Gasteiger partial charge on any atom is 0.241 e. The molecule has 0 bridgehead atoms. The molecule has 1 aliphatic heterocycles. The standard InChI is InChI=1S/C13H18N2O2S.ClH/c1-18(17)9-10-4-2-5-11(8-10)15-13(16)12-6-3-7-14-12;/h2,4-5,8,12,14H,3,6-7,9H2,1H3,(H,15,16);1H. The molecule has 1 aliphatic rings. The molecule has 2 unspecified atom stereocenters. The molecule has 1 heterocycles. The molecule has 1 fully saturated rings. The summed E-state index contributed by atoms with van der Waals surface area (Å²) in [5.74, 6) is 0.535. The van der Waals surface area contributed by atoms with Crippen LogP contribution in [0.4, 0.5) is 5.69 Å². The van der Waals surface area contributed by atoms with Crippen LogP contribution in [-0.2, 0) is 21.3 Å². The molecular formula is C13H19ClN2O2S. The van der Waals surface area contributed by atoms with E-state index in [1.54, 1.807) is 6.26 Å². The van der Waals surface area contributed by atoms with E-state index in [0.717, 1.165) is 30.6 Å². The van der Waals surface area contributed by atoms with Crippen LogP contribution in [0.15, 0.2) is 24.3 Å². The van der Waals surface area contributed by atoms with Crippen LogP contribution in [0, 0.1) is 0 Å². The molecule has 0 saturated carbocycles. The van der Waals surface area contributed by atoms with Crippen molar-refractivity contribution in [2.75, 3.05) is 18.1 Å². The number of benzene rings is 1. The first-order chi connectivity index (χ1) is 8.65. The lowest BCUT2D eigenvalue weighted by molar-refractivity contribution is -0.117. The maximum absolute atomic E-state index is 11.9. The van der Waals surface area contributed by atoms with Gasteiger partial charge in [-0.05, 0) is 37.1 Å². The summed E-state index contributed by atoms with van der Waals surface area (Å²) >= 11 is 0. The molecule has 2 atom stereocenters. The predicted molar refractivity (Wildman–Crippen MR) is 81.1 cm³/mol. The summed E-state index contributed by atoms with van der Waals surface area (Å²) in [6, 6.07) is 7.46. The van der Waals surface area contributed by atoms with Crippen molar-refractivity contribution in [3.63, 3.8) is 0 Å². The Hall–Kier alpha value is -0.910. The fraction of sp³-hybridized carbons (Fsp3) is 0.462. The molecule has 106 valence electrons. The summed E-state index contributed by atoms with van der Waals surface area (Å²) in [6.07, 6.45) is 3.62. The van der Waals surface area contributed by atoms with Gasteiger partial charge in [-0.2, -0.15) is 0 Å². The van der Waals surface area contributed by atoms with Crippen molar-refractivity contribution in [1.29, 1.82) is 0 Å². The van der Waals surface area contributed by atoms with Gasteiger partial charge in [-0.1, -0.05) is 12.1 Å². The molecule has 0 aromatic heterocycles. The van der Waals surface area contributed by atoms with E-state index in [2.05, 4.69) is 10.6 Å². The van der Waals surface area contributed by atoms with Gasteiger partial charge in [0.25, 0.3) is 0 Å². The first kappa shape index (κ1) is 16.1. The first-order valence-electron chi connectivity index (χ1n) is 6.08. The molecule has 1 amide bonds. The third kappa shape index (κ3) is 4.93. The van der Waals surface area contributed by atoms with E-state index in [9.17, 15) is 9.00 Å². The second-order valence-corrected chi connectivity index (χ2v) is 5.99. The van der Waals surface area contributed by atoms with Gasteiger partial charge >= 0.3 is 0 Å². The van der Waals surface area contributed by atoms with Crippen molar-refractivity contribution in [2.45, 2.75) is 24.6 Å². The van der Waals surface area contributed by atoms with Crippen molar-refractivity contribution < 1.29 is 9.00 Å². The van der Waals surface area contributed by atoms with Crippen LogP contribution < -0.4 is 10.6 Å². The Morgan fingerprint density at radius 1 is 1.53 bits per heavy atom. The second-order valence-electron chi connectivity index (χ2n) is 4.56. The molecule has 2 N–H and O–H groups in total. The highest BCUT2D eigenvalue weighted by Gasteiger charge is 2.21. The normalized spacial score (nSPS) is 19.5. The van der Waals surface area contributed by atoms with Crippen LogP contribution in [0.5, 0.6) is 0 Å². The third-order valence-corrected chi connectivity index (χ3v) is 3.68. The monoisotopic (exact) mass is 302 g/mol. The number of halogens is 1. The number of anilines is 1. The van der Waals surface area contributed by atoms with Crippen LogP contribution in [-0.4, -0.2) is 29.0 Å². The van der Waals surface area contributed by atoms with Crippen LogP contribution in [0.1, 0.15) is 18.4 Å². The van der Waals surface area contributed by atoms with Crippen molar-refractivity contribution in [1.82, 2.24) is 5.32 Å². The van der Waals surface area contributed by atoms with Crippen molar-refractivity contribution in [3.8, 4) is 0 Å². The van der Waals surface area contributed by atoms with Gasteiger partial charge in [-0.15, -0.1) is 12.4 Å². The summed E-state index contributed by atoms with van der Waals surface area (Å²) in [7, 11) is -0.865. The van der Waals surface area contributed by atoms with E-state index >= 15 is 0 Å². The first-order valence-corrected chi connectivity index (χ1v) is 7.81. The average Bonchev–Trinajstić information content (AvgIpc) is 2.81. The second kappa shape index (κ2) is 7.62. The van der Waals surface area contributed by atoms with Gasteiger partial charge < -0.3 is 10.6 Å². The van der Waals surface area contributed by atoms with Gasteiger partial charge in [0, 0.05) is 28.5 Å². The minimum Gasteiger partial charge on any atom is -0.325 e. The van der Waals surface area contributed by atoms with E-state index in [4.69, 9.17) is 0 Å². The summed E-state index contributed by atoms with van der Waals surface area (Å²) in [5, 5.41) is 6.06. The fourth-order valence-corrected chi connectivity index (χ4v) is 2.76. The van der Waals surface area contributed by atoms with Crippen molar-refractivity contribution in [2.24, 2.45) is 0 Å². The SMILES string of the molecule is CS(=O)Cc1cccc(NC(=O)C2CCCN2)c1.Cl. The minimum absolute atomic E-state index is 0. The number of hydrogen-bond donors (Lipinski definition) is 2. The zero-order chi connectivity index (χ0) is 13.0. The van der Waals surface area contributed by atoms with Gasteiger partial charge in [-0.25, -0.2) is 0 Å². The Labute approximate surface area is 122 Å². The van der Waals surface area contributed by atoms with Gasteiger partial charge in [-0.3, -0.25) is 9.00 Å². The molecule has 19 heavy (non-hydrogen) atoms. The number of amides is 1. The zero-order valence-electron chi connectivity index (χ0n) is 10.8. The summed E-state index contributed by atoms with van der Waals surface area (Å²) in [4.78, 5) is 11.9. The number of rotatable bonds is 4. The fourth-order valence-electron chi connectivity index (χ4n) is 2.11. The van der Waals surface area contributed by atoms with Gasteiger partial charge in [0.2, 0.25) is 5.91 Å². The number of carbonyl (C=O) groups excluding carboxylic acids is 1. The van der Waals surface area contributed by atoms with Crippen LogP contribution in [0.25, 0.3) is 0 Å². The van der Waals surface area contributed by atoms with Crippen LogP contribution >= 0.6 is 12.4 Å². The Morgan fingerprint density at radius 2 is 2.32 bits per heavy atom. The smallest absolute Gasteiger partial charge is 0.241 e. The Balaban J connectivity index is 0.00000180. The Kier molecular flexibility index (Phi) is 6.48. The van der Waals surface area contributed by atoms with Gasteiger partial charge in [0.1, 0.15) is 0 Å². The molecule has 1 aromatic rings. The molecule has 0 spiro atoms. The quantitative estimate of drug-likeness (QED) is 0.889. The van der Waals surface area contributed by atoms with E-state index in [-0.39, 0.29) is 24.4 Å². The lowest BCUT2D eigenvalue weighted by Gasteiger charge is -2.11. The molecule has 0 radical (unpaired) electrons. The van der Waals surface area contributed by atoms with E-state index in [1.165, 1.54) is 0 Å². The maximum atomic E-state index is 11.9. The average molecular weight is 303 g/mol. The van der Waals surface area contributed by atoms with Crippen molar-refractivity contribution in [3.05, 3.63) is 29.8 Å². The summed E-state index contributed by atoms with van der Waals surface area (Å²) in [6.45, 7) is 0.910. The lowest BCUT2D eigenvalue weighted by atomic mass is 10.2. The van der Waals surface area contributed by atoms with Gasteiger partial charge in [0.05, 0.1) is 6.04 Å². The zero-order valence-corrected chi connectivity index (χ0v) is 12.5. The van der Waals surface area contributed by atoms with Crippen LogP contribution in [0.2, 0.25) is 0 Å². The van der Waals surface area contributed by atoms with E-state index in [0.29, 0.717) is 5.75 Å².